The Balaban J connectivity index is 1.96. The smallest absolute Gasteiger partial charge is 0.139 e. The topological polar surface area (TPSA) is 62.9 Å². The number of morpholine rings is 1. The minimum Gasteiger partial charge on any atom is -0.399 e. The van der Waals surface area contributed by atoms with E-state index >= 15 is 0 Å². The summed E-state index contributed by atoms with van der Waals surface area (Å²) in [4.78, 5) is 6.73. The van der Waals surface area contributed by atoms with Crippen LogP contribution in [0, 0.1) is 0 Å². The fourth-order valence-corrected chi connectivity index (χ4v) is 2.80. The second-order valence-electron chi connectivity index (χ2n) is 5.56. The molecule has 0 radical (unpaired) electrons. The quantitative estimate of drug-likeness (QED) is 0.841. The third-order valence-corrected chi connectivity index (χ3v) is 4.11. The van der Waals surface area contributed by atoms with Crippen molar-refractivity contribution < 1.29 is 4.74 Å². The molecule has 0 bridgehead atoms. The molecule has 1 aromatic carbocycles. The molecule has 1 fully saturated rings. The maximum absolute atomic E-state index is 5.77. The van der Waals surface area contributed by atoms with Gasteiger partial charge in [-0.3, -0.25) is 0 Å². The lowest BCUT2D eigenvalue weighted by molar-refractivity contribution is 0.0536. The van der Waals surface area contributed by atoms with Crippen LogP contribution in [-0.4, -0.2) is 37.0 Å². The highest BCUT2D eigenvalue weighted by molar-refractivity contribution is 6.11. The lowest BCUT2D eigenvalue weighted by Gasteiger charge is -2.30. The SMILES string of the molecule is C=CN=C1NC(c2ccc(N)cc2)=C/C1=C(/C)N1CCOCC1. The first-order valence-electron chi connectivity index (χ1n) is 7.76. The highest BCUT2D eigenvalue weighted by Gasteiger charge is 2.22. The molecule has 120 valence electrons. The molecule has 2 aliphatic heterocycles. The standard InChI is InChI=1S/C18H22N4O/c1-3-20-18-16(13(2)22-8-10-23-11-9-22)12-17(21-18)14-4-6-15(19)7-5-14/h3-7,12H,1,8-11,19H2,2H3,(H,20,21)/b16-13+. The zero-order valence-corrected chi connectivity index (χ0v) is 13.4. The number of nitrogens with zero attached hydrogens (tertiary/aromatic N) is 2. The van der Waals surface area contributed by atoms with E-state index in [4.69, 9.17) is 10.5 Å². The maximum Gasteiger partial charge on any atom is 0.139 e. The van der Waals surface area contributed by atoms with E-state index in [1.54, 1.807) is 6.20 Å². The number of amidine groups is 1. The van der Waals surface area contributed by atoms with Gasteiger partial charge in [0.15, 0.2) is 0 Å². The van der Waals surface area contributed by atoms with E-state index < -0.39 is 0 Å². The van der Waals surface area contributed by atoms with E-state index in [-0.39, 0.29) is 0 Å². The van der Waals surface area contributed by atoms with Crippen LogP contribution < -0.4 is 11.1 Å². The molecule has 1 saturated heterocycles. The van der Waals surface area contributed by atoms with Crippen LogP contribution in [0.2, 0.25) is 0 Å². The monoisotopic (exact) mass is 310 g/mol. The summed E-state index contributed by atoms with van der Waals surface area (Å²) in [5, 5.41) is 3.38. The third kappa shape index (κ3) is 3.29. The van der Waals surface area contributed by atoms with Gasteiger partial charge in [0.1, 0.15) is 5.84 Å². The van der Waals surface area contributed by atoms with Crippen molar-refractivity contribution >= 4 is 17.2 Å². The molecule has 3 rings (SSSR count). The lowest BCUT2D eigenvalue weighted by Crippen LogP contribution is -2.36. The highest BCUT2D eigenvalue weighted by Crippen LogP contribution is 2.25. The summed E-state index contributed by atoms with van der Waals surface area (Å²) in [6.45, 7) is 9.18. The van der Waals surface area contributed by atoms with Crippen molar-refractivity contribution in [3.8, 4) is 0 Å². The largest absolute Gasteiger partial charge is 0.399 e. The molecule has 5 heteroatoms. The first-order chi connectivity index (χ1) is 11.2. The Hall–Kier alpha value is -2.53. The Morgan fingerprint density at radius 1 is 1.30 bits per heavy atom. The Morgan fingerprint density at radius 3 is 2.65 bits per heavy atom. The molecular weight excluding hydrogens is 288 g/mol. The van der Waals surface area contributed by atoms with Gasteiger partial charge in [0, 0.05) is 41.9 Å². The summed E-state index contributed by atoms with van der Waals surface area (Å²) in [6, 6.07) is 7.82. The van der Waals surface area contributed by atoms with Gasteiger partial charge in [-0.1, -0.05) is 18.7 Å². The van der Waals surface area contributed by atoms with Gasteiger partial charge in [-0.05, 0) is 30.7 Å². The summed E-state index contributed by atoms with van der Waals surface area (Å²) in [5.41, 5.74) is 10.9. The first-order valence-corrected chi connectivity index (χ1v) is 7.76. The Kier molecular flexibility index (Phi) is 4.48. The number of hydrogen-bond donors (Lipinski definition) is 2. The van der Waals surface area contributed by atoms with Crippen molar-refractivity contribution in [3.63, 3.8) is 0 Å². The van der Waals surface area contributed by atoms with Gasteiger partial charge < -0.3 is 20.7 Å². The van der Waals surface area contributed by atoms with Crippen LogP contribution in [0.3, 0.4) is 0 Å². The van der Waals surface area contributed by atoms with Crippen molar-refractivity contribution in [1.29, 1.82) is 0 Å². The molecule has 2 aliphatic rings. The second kappa shape index (κ2) is 6.71. The molecule has 0 amide bonds. The second-order valence-corrected chi connectivity index (χ2v) is 5.56. The van der Waals surface area contributed by atoms with Gasteiger partial charge in [-0.2, -0.15) is 0 Å². The fraction of sp³-hybridized carbons (Fsp3) is 0.278. The van der Waals surface area contributed by atoms with Gasteiger partial charge in [0.25, 0.3) is 0 Å². The maximum atomic E-state index is 5.77. The van der Waals surface area contributed by atoms with Gasteiger partial charge in [-0.15, -0.1) is 0 Å². The third-order valence-electron chi connectivity index (χ3n) is 4.11. The van der Waals surface area contributed by atoms with E-state index in [2.05, 4.69) is 34.8 Å². The average Bonchev–Trinajstić information content (AvgIpc) is 3.00. The summed E-state index contributed by atoms with van der Waals surface area (Å²) in [7, 11) is 0. The minimum atomic E-state index is 0.757. The Bertz CT molecular complexity index is 679. The average molecular weight is 310 g/mol. The Morgan fingerprint density at radius 2 is 2.00 bits per heavy atom. The minimum absolute atomic E-state index is 0.757. The summed E-state index contributed by atoms with van der Waals surface area (Å²) < 4.78 is 5.43. The number of nitrogens with two attached hydrogens (primary N) is 1. The van der Waals surface area contributed by atoms with Crippen molar-refractivity contribution in [2.24, 2.45) is 4.99 Å². The van der Waals surface area contributed by atoms with Crippen molar-refractivity contribution in [1.82, 2.24) is 10.2 Å². The molecule has 3 N–H and O–H groups in total. The van der Waals surface area contributed by atoms with Crippen LogP contribution in [0.4, 0.5) is 5.69 Å². The molecular formula is C18H22N4O. The lowest BCUT2D eigenvalue weighted by atomic mass is 10.1. The summed E-state index contributed by atoms with van der Waals surface area (Å²) in [5.74, 6) is 0.829. The van der Waals surface area contributed by atoms with E-state index in [1.807, 2.05) is 24.3 Å². The van der Waals surface area contributed by atoms with Gasteiger partial charge >= 0.3 is 0 Å². The molecule has 23 heavy (non-hydrogen) atoms. The normalized spacial score (nSPS) is 21.9. The van der Waals surface area contributed by atoms with Gasteiger partial charge in [0.2, 0.25) is 0 Å². The zero-order chi connectivity index (χ0) is 16.2. The van der Waals surface area contributed by atoms with Crippen LogP contribution in [-0.2, 0) is 4.74 Å². The molecule has 0 atom stereocenters. The van der Waals surface area contributed by atoms with Gasteiger partial charge in [0.05, 0.1) is 13.2 Å². The molecule has 1 aromatic rings. The van der Waals surface area contributed by atoms with E-state index in [0.717, 1.165) is 54.7 Å². The number of aliphatic imine (C=N–C) groups is 1. The molecule has 2 heterocycles. The zero-order valence-electron chi connectivity index (χ0n) is 13.4. The molecule has 0 unspecified atom stereocenters. The predicted octanol–water partition coefficient (Wildman–Crippen LogP) is 2.36. The predicted molar refractivity (Wildman–Crippen MR) is 94.7 cm³/mol. The number of anilines is 1. The van der Waals surface area contributed by atoms with Crippen molar-refractivity contribution in [2.75, 3.05) is 32.0 Å². The van der Waals surface area contributed by atoms with Crippen molar-refractivity contribution in [2.45, 2.75) is 6.92 Å². The number of ether oxygens (including phenoxy) is 1. The number of benzene rings is 1. The summed E-state index contributed by atoms with van der Waals surface area (Å²) >= 11 is 0. The molecule has 0 aromatic heterocycles. The number of nitrogens with one attached hydrogen (secondary N) is 1. The highest BCUT2D eigenvalue weighted by atomic mass is 16.5. The Labute approximate surface area is 136 Å². The van der Waals surface area contributed by atoms with Gasteiger partial charge in [-0.25, -0.2) is 4.99 Å². The number of hydrogen-bond acceptors (Lipinski definition) is 4. The molecule has 0 aliphatic carbocycles. The first kappa shape index (κ1) is 15.4. The van der Waals surface area contributed by atoms with E-state index in [9.17, 15) is 0 Å². The van der Waals surface area contributed by atoms with Crippen LogP contribution in [0.1, 0.15) is 12.5 Å². The van der Waals surface area contributed by atoms with Crippen LogP contribution in [0.15, 0.2) is 59.4 Å². The van der Waals surface area contributed by atoms with Crippen LogP contribution in [0.5, 0.6) is 0 Å². The van der Waals surface area contributed by atoms with Crippen LogP contribution in [0.25, 0.3) is 5.70 Å². The van der Waals surface area contributed by atoms with E-state index in [1.165, 1.54) is 5.70 Å². The summed E-state index contributed by atoms with van der Waals surface area (Å²) in [6.07, 6.45) is 3.70. The molecule has 0 spiro atoms. The number of allylic oxidation sites excluding steroid dienone is 1. The number of nitrogen functional groups attached to an aromatic ring is 1. The van der Waals surface area contributed by atoms with Crippen LogP contribution >= 0.6 is 0 Å². The molecule has 5 nitrogen and oxygen atoms in total. The van der Waals surface area contributed by atoms with E-state index in [0.29, 0.717) is 0 Å². The number of rotatable bonds is 3. The fourth-order valence-electron chi connectivity index (χ4n) is 2.80. The van der Waals surface area contributed by atoms with Crippen molar-refractivity contribution in [3.05, 3.63) is 60.0 Å². The molecule has 0 saturated carbocycles.